The average molecular weight is 425 g/mol. The van der Waals surface area contributed by atoms with Crippen molar-refractivity contribution < 1.29 is 14.4 Å². The molecular weight excluding hydrogens is 404 g/mol. The number of nitro benzene ring substituents is 1. The van der Waals surface area contributed by atoms with Gasteiger partial charge in [-0.1, -0.05) is 17.7 Å². The van der Waals surface area contributed by atoms with Gasteiger partial charge in [-0.25, -0.2) is 0 Å². The Morgan fingerprint density at radius 1 is 1.07 bits per heavy atom. The van der Waals surface area contributed by atoms with Crippen molar-refractivity contribution in [1.29, 1.82) is 0 Å². The Balaban J connectivity index is 1.77. The monoisotopic (exact) mass is 424 g/mol. The van der Waals surface area contributed by atoms with Crippen LogP contribution in [0.1, 0.15) is 22.3 Å². The van der Waals surface area contributed by atoms with E-state index in [1.807, 2.05) is 25.1 Å². The highest BCUT2D eigenvalue weighted by atomic mass is 35.5. The normalized spacial score (nSPS) is 10.9. The first-order valence-corrected chi connectivity index (χ1v) is 9.60. The second-order valence-electron chi connectivity index (χ2n) is 6.77. The van der Waals surface area contributed by atoms with Crippen LogP contribution in [0.25, 0.3) is 0 Å². The topological polar surface area (TPSA) is 74.0 Å². The molecule has 0 fully saturated rings. The highest BCUT2D eigenvalue weighted by Gasteiger charge is 2.12. The number of rotatable bonds is 7. The second kappa shape index (κ2) is 9.41. The zero-order valence-corrected chi connectivity index (χ0v) is 17.6. The van der Waals surface area contributed by atoms with Crippen LogP contribution < -0.4 is 9.47 Å². The number of aliphatic imine (C=N–C) groups is 1. The Kier molecular flexibility index (Phi) is 6.69. The minimum atomic E-state index is -0.442. The van der Waals surface area contributed by atoms with Gasteiger partial charge < -0.3 is 9.47 Å². The highest BCUT2D eigenvalue weighted by Crippen LogP contribution is 2.36. The third-order valence-electron chi connectivity index (χ3n) is 4.64. The lowest BCUT2D eigenvalue weighted by atomic mass is 10.1. The van der Waals surface area contributed by atoms with E-state index >= 15 is 0 Å². The van der Waals surface area contributed by atoms with E-state index < -0.39 is 4.92 Å². The molecule has 0 aliphatic carbocycles. The minimum absolute atomic E-state index is 0.0294. The summed E-state index contributed by atoms with van der Waals surface area (Å²) in [5.41, 5.74) is 4.83. The quantitative estimate of drug-likeness (QED) is 0.257. The summed E-state index contributed by atoms with van der Waals surface area (Å²) in [6.07, 6.45) is 1.72. The summed E-state index contributed by atoms with van der Waals surface area (Å²) in [5, 5.41) is 11.1. The molecule has 0 bridgehead atoms. The van der Waals surface area contributed by atoms with Crippen LogP contribution >= 0.6 is 11.6 Å². The molecule has 0 amide bonds. The molecule has 0 unspecified atom stereocenters. The van der Waals surface area contributed by atoms with Gasteiger partial charge in [-0.3, -0.25) is 15.1 Å². The molecule has 0 atom stereocenters. The molecular formula is C23H21ClN2O4. The van der Waals surface area contributed by atoms with Gasteiger partial charge in [0.2, 0.25) is 0 Å². The van der Waals surface area contributed by atoms with Crippen molar-refractivity contribution in [2.45, 2.75) is 20.5 Å². The number of hydrogen-bond donors (Lipinski definition) is 0. The Hall–Kier alpha value is -3.38. The molecule has 154 valence electrons. The third kappa shape index (κ3) is 5.15. The standard InChI is InChI=1S/C23H21ClN2O4/c1-15-4-7-19(10-16(15)2)25-13-18-11-21(24)23(22(12-18)29-3)30-14-17-5-8-20(9-6-17)26(27)28/h4-13H,14H2,1-3H3. The van der Waals surface area contributed by atoms with Gasteiger partial charge in [0.05, 0.1) is 22.7 Å². The fourth-order valence-corrected chi connectivity index (χ4v) is 3.05. The van der Waals surface area contributed by atoms with Crippen LogP contribution in [0.4, 0.5) is 11.4 Å². The number of ether oxygens (including phenoxy) is 2. The van der Waals surface area contributed by atoms with Gasteiger partial charge in [-0.2, -0.15) is 0 Å². The SMILES string of the molecule is COc1cc(C=Nc2ccc(C)c(C)c2)cc(Cl)c1OCc1ccc([N+](=O)[O-])cc1. The van der Waals surface area contributed by atoms with E-state index in [0.29, 0.717) is 16.5 Å². The summed E-state index contributed by atoms with van der Waals surface area (Å²) in [6.45, 7) is 4.30. The molecule has 0 heterocycles. The van der Waals surface area contributed by atoms with E-state index in [0.717, 1.165) is 16.8 Å². The number of halogens is 1. The molecule has 3 aromatic rings. The van der Waals surface area contributed by atoms with Crippen molar-refractivity contribution >= 4 is 29.2 Å². The Morgan fingerprint density at radius 2 is 1.80 bits per heavy atom. The molecule has 0 spiro atoms. The van der Waals surface area contributed by atoms with E-state index in [-0.39, 0.29) is 12.3 Å². The van der Waals surface area contributed by atoms with Crippen molar-refractivity contribution in [3.8, 4) is 11.5 Å². The maximum atomic E-state index is 10.8. The van der Waals surface area contributed by atoms with Crippen LogP contribution in [0, 0.1) is 24.0 Å². The third-order valence-corrected chi connectivity index (χ3v) is 4.92. The summed E-state index contributed by atoms with van der Waals surface area (Å²) in [4.78, 5) is 14.8. The predicted molar refractivity (Wildman–Crippen MR) is 119 cm³/mol. The fraction of sp³-hybridized carbons (Fsp3) is 0.174. The molecule has 3 rings (SSSR count). The number of hydrogen-bond acceptors (Lipinski definition) is 5. The first-order valence-electron chi connectivity index (χ1n) is 9.22. The van der Waals surface area contributed by atoms with E-state index in [4.69, 9.17) is 21.1 Å². The number of aryl methyl sites for hydroxylation is 2. The maximum absolute atomic E-state index is 10.8. The largest absolute Gasteiger partial charge is 0.493 e. The van der Waals surface area contributed by atoms with Crippen LogP contribution in [0.15, 0.2) is 59.6 Å². The molecule has 0 aromatic heterocycles. The number of methoxy groups -OCH3 is 1. The van der Waals surface area contributed by atoms with E-state index in [1.165, 1.54) is 30.4 Å². The zero-order chi connectivity index (χ0) is 21.7. The van der Waals surface area contributed by atoms with Gasteiger partial charge in [0.1, 0.15) is 6.61 Å². The first kappa shape index (κ1) is 21.3. The number of nitro groups is 1. The lowest BCUT2D eigenvalue weighted by Gasteiger charge is -2.13. The fourth-order valence-electron chi connectivity index (χ4n) is 2.78. The zero-order valence-electron chi connectivity index (χ0n) is 16.9. The molecule has 0 saturated carbocycles. The lowest BCUT2D eigenvalue weighted by Crippen LogP contribution is -2.00. The molecule has 7 heteroatoms. The van der Waals surface area contributed by atoms with Crippen molar-refractivity contribution in [1.82, 2.24) is 0 Å². The van der Waals surface area contributed by atoms with Gasteiger partial charge in [0, 0.05) is 18.3 Å². The minimum Gasteiger partial charge on any atom is -0.493 e. The predicted octanol–water partition coefficient (Wildman–Crippen LogP) is 6.20. The molecule has 0 N–H and O–H groups in total. The average Bonchev–Trinajstić information content (AvgIpc) is 2.73. The van der Waals surface area contributed by atoms with Crippen LogP contribution in [0.5, 0.6) is 11.5 Å². The van der Waals surface area contributed by atoms with Crippen molar-refractivity contribution in [2.24, 2.45) is 4.99 Å². The van der Waals surface area contributed by atoms with Crippen LogP contribution in [-0.4, -0.2) is 18.2 Å². The molecule has 0 radical (unpaired) electrons. The number of benzene rings is 3. The van der Waals surface area contributed by atoms with Crippen LogP contribution in [0.2, 0.25) is 5.02 Å². The van der Waals surface area contributed by atoms with Gasteiger partial charge in [-0.05, 0) is 72.5 Å². The first-order chi connectivity index (χ1) is 14.4. The summed E-state index contributed by atoms with van der Waals surface area (Å²) in [6, 6.07) is 15.7. The number of nitrogens with zero attached hydrogens (tertiary/aromatic N) is 2. The van der Waals surface area contributed by atoms with Crippen molar-refractivity contribution in [3.63, 3.8) is 0 Å². The number of non-ortho nitro benzene ring substituents is 1. The van der Waals surface area contributed by atoms with Gasteiger partial charge in [0.25, 0.3) is 5.69 Å². The van der Waals surface area contributed by atoms with Crippen LogP contribution in [0.3, 0.4) is 0 Å². The van der Waals surface area contributed by atoms with Crippen LogP contribution in [-0.2, 0) is 6.61 Å². The van der Waals surface area contributed by atoms with E-state index in [2.05, 4.69) is 11.9 Å². The summed E-state index contributed by atoms with van der Waals surface area (Å²) < 4.78 is 11.3. The molecule has 0 aliphatic heterocycles. The summed E-state index contributed by atoms with van der Waals surface area (Å²) in [5.74, 6) is 0.881. The molecule has 0 saturated heterocycles. The Bertz CT molecular complexity index is 1100. The molecule has 30 heavy (non-hydrogen) atoms. The van der Waals surface area contributed by atoms with E-state index in [9.17, 15) is 10.1 Å². The van der Waals surface area contributed by atoms with Crippen molar-refractivity contribution in [2.75, 3.05) is 7.11 Å². The van der Waals surface area contributed by atoms with Gasteiger partial charge in [0.15, 0.2) is 11.5 Å². The smallest absolute Gasteiger partial charge is 0.269 e. The lowest BCUT2D eigenvalue weighted by molar-refractivity contribution is -0.384. The highest BCUT2D eigenvalue weighted by molar-refractivity contribution is 6.32. The Morgan fingerprint density at radius 3 is 2.43 bits per heavy atom. The molecule has 3 aromatic carbocycles. The summed E-state index contributed by atoms with van der Waals surface area (Å²) >= 11 is 6.42. The molecule has 0 aliphatic rings. The van der Waals surface area contributed by atoms with Crippen molar-refractivity contribution in [3.05, 3.63) is 92.0 Å². The summed E-state index contributed by atoms with van der Waals surface area (Å²) in [7, 11) is 1.54. The van der Waals surface area contributed by atoms with Gasteiger partial charge >= 0.3 is 0 Å². The van der Waals surface area contributed by atoms with Gasteiger partial charge in [-0.15, -0.1) is 0 Å². The second-order valence-corrected chi connectivity index (χ2v) is 7.18. The maximum Gasteiger partial charge on any atom is 0.269 e. The Labute approximate surface area is 179 Å². The molecule has 6 nitrogen and oxygen atoms in total. The van der Waals surface area contributed by atoms with E-state index in [1.54, 1.807) is 30.5 Å².